The van der Waals surface area contributed by atoms with Crippen molar-refractivity contribution >= 4 is 33.0 Å². The Morgan fingerprint density at radius 2 is 1.59 bits per heavy atom. The van der Waals surface area contributed by atoms with Crippen molar-refractivity contribution in [1.29, 1.82) is 0 Å². The molecule has 3 N–H and O–H groups in total. The van der Waals surface area contributed by atoms with Crippen molar-refractivity contribution in [2.45, 2.75) is 11.8 Å². The lowest BCUT2D eigenvalue weighted by Crippen LogP contribution is -2.18. The van der Waals surface area contributed by atoms with Crippen molar-refractivity contribution in [1.82, 2.24) is 19.7 Å². The quantitative estimate of drug-likeness (QED) is 0.389. The Balaban J connectivity index is 1.56. The number of rotatable bonds is 7. The molecule has 0 bridgehead atoms. The first kappa shape index (κ1) is 21.4. The Morgan fingerprint density at radius 3 is 2.31 bits per heavy atom. The topological polar surface area (TPSA) is 109 Å². The van der Waals surface area contributed by atoms with Gasteiger partial charge in [0.15, 0.2) is 0 Å². The number of sulfonamides is 1. The molecule has 0 aliphatic heterocycles. The summed E-state index contributed by atoms with van der Waals surface area (Å²) in [4.78, 5) is 12.9. The van der Waals surface area contributed by atoms with Crippen molar-refractivity contribution in [2.24, 2.45) is 0 Å². The standard InChI is InChI=1S/C23H22N6O2S/c1-16-9-18(17-5-4-8-25-14-17)11-20(10-16)29-23-13-22(26-15-27-23)28-19-6-3-7-21(12-19)32(30,31)24-2/h3-15,24H,1-2H3,(H2,26,27,28,29). The van der Waals surface area contributed by atoms with Crippen molar-refractivity contribution in [2.75, 3.05) is 17.7 Å². The van der Waals surface area contributed by atoms with E-state index >= 15 is 0 Å². The van der Waals surface area contributed by atoms with Gasteiger partial charge in [0.25, 0.3) is 0 Å². The molecule has 2 aromatic heterocycles. The van der Waals surface area contributed by atoms with E-state index in [1.54, 1.807) is 30.5 Å². The number of nitrogens with one attached hydrogen (secondary N) is 3. The summed E-state index contributed by atoms with van der Waals surface area (Å²) in [6, 6.07) is 18.3. The number of nitrogens with zero attached hydrogens (tertiary/aromatic N) is 3. The minimum Gasteiger partial charge on any atom is -0.340 e. The third-order valence-electron chi connectivity index (χ3n) is 4.70. The highest BCUT2D eigenvalue weighted by Gasteiger charge is 2.12. The predicted octanol–water partition coefficient (Wildman–Crippen LogP) is 4.24. The highest BCUT2D eigenvalue weighted by atomic mass is 32.2. The van der Waals surface area contributed by atoms with Crippen molar-refractivity contribution in [3.8, 4) is 11.1 Å². The Hall–Kier alpha value is -3.82. The maximum atomic E-state index is 12.0. The van der Waals surface area contributed by atoms with Crippen LogP contribution in [0, 0.1) is 6.92 Å². The normalized spacial score (nSPS) is 11.2. The maximum Gasteiger partial charge on any atom is 0.240 e. The smallest absolute Gasteiger partial charge is 0.240 e. The molecule has 8 nitrogen and oxygen atoms in total. The molecule has 9 heteroatoms. The number of anilines is 4. The third-order valence-corrected chi connectivity index (χ3v) is 6.11. The Bertz CT molecular complexity index is 1340. The molecule has 2 heterocycles. The minimum atomic E-state index is -3.53. The van der Waals surface area contributed by atoms with Crippen LogP contribution in [0.3, 0.4) is 0 Å². The molecule has 0 saturated heterocycles. The molecular weight excluding hydrogens is 424 g/mol. The number of hydrogen-bond donors (Lipinski definition) is 3. The fourth-order valence-electron chi connectivity index (χ4n) is 3.20. The molecule has 0 atom stereocenters. The zero-order valence-electron chi connectivity index (χ0n) is 17.6. The lowest BCUT2D eigenvalue weighted by molar-refractivity contribution is 0.588. The lowest BCUT2D eigenvalue weighted by atomic mass is 10.0. The summed E-state index contributed by atoms with van der Waals surface area (Å²) in [5.74, 6) is 1.13. The Morgan fingerprint density at radius 1 is 0.812 bits per heavy atom. The average molecular weight is 447 g/mol. The first-order valence-corrected chi connectivity index (χ1v) is 11.3. The fourth-order valence-corrected chi connectivity index (χ4v) is 3.98. The van der Waals surface area contributed by atoms with Gasteiger partial charge >= 0.3 is 0 Å². The van der Waals surface area contributed by atoms with Gasteiger partial charge in [0.2, 0.25) is 10.0 Å². The van der Waals surface area contributed by atoms with Gasteiger partial charge in [0, 0.05) is 35.4 Å². The van der Waals surface area contributed by atoms with Gasteiger partial charge in [-0.3, -0.25) is 4.98 Å². The van der Waals surface area contributed by atoms with E-state index in [0.29, 0.717) is 17.3 Å². The SMILES string of the molecule is CNS(=O)(=O)c1cccc(Nc2cc(Nc3cc(C)cc(-c4cccnc4)c3)ncn2)c1. The summed E-state index contributed by atoms with van der Waals surface area (Å²) in [6.45, 7) is 2.03. The van der Waals surface area contributed by atoms with Crippen LogP contribution in [-0.4, -0.2) is 30.4 Å². The van der Waals surface area contributed by atoms with E-state index < -0.39 is 10.0 Å². The summed E-state index contributed by atoms with van der Waals surface area (Å²) >= 11 is 0. The highest BCUT2D eigenvalue weighted by molar-refractivity contribution is 7.89. The predicted molar refractivity (Wildman–Crippen MR) is 126 cm³/mol. The first-order valence-electron chi connectivity index (χ1n) is 9.85. The number of hydrogen-bond acceptors (Lipinski definition) is 7. The van der Waals surface area contributed by atoms with Crippen LogP contribution in [-0.2, 0) is 10.0 Å². The van der Waals surface area contributed by atoms with Gasteiger partial charge in [-0.1, -0.05) is 18.2 Å². The largest absolute Gasteiger partial charge is 0.340 e. The summed E-state index contributed by atoms with van der Waals surface area (Å²) < 4.78 is 26.4. The van der Waals surface area contributed by atoms with E-state index in [-0.39, 0.29) is 4.90 Å². The summed E-state index contributed by atoms with van der Waals surface area (Å²) in [7, 11) is -2.15. The average Bonchev–Trinajstić information content (AvgIpc) is 2.80. The van der Waals surface area contributed by atoms with Crippen LogP contribution in [0.1, 0.15) is 5.56 Å². The van der Waals surface area contributed by atoms with Crippen LogP contribution in [0.5, 0.6) is 0 Å². The number of benzene rings is 2. The summed E-state index contributed by atoms with van der Waals surface area (Å²) in [5, 5.41) is 6.43. The van der Waals surface area contributed by atoms with E-state index in [4.69, 9.17) is 0 Å². The van der Waals surface area contributed by atoms with Crippen molar-refractivity contribution in [3.63, 3.8) is 0 Å². The summed E-state index contributed by atoms with van der Waals surface area (Å²) in [6.07, 6.45) is 5.02. The monoisotopic (exact) mass is 446 g/mol. The minimum absolute atomic E-state index is 0.167. The van der Waals surface area contributed by atoms with Crippen LogP contribution in [0.2, 0.25) is 0 Å². The molecule has 0 aliphatic rings. The van der Waals surface area contributed by atoms with Crippen LogP contribution >= 0.6 is 0 Å². The van der Waals surface area contributed by atoms with Crippen LogP contribution < -0.4 is 15.4 Å². The van der Waals surface area contributed by atoms with Gasteiger partial charge in [0.1, 0.15) is 18.0 Å². The molecule has 4 rings (SSSR count). The van der Waals surface area contributed by atoms with Gasteiger partial charge in [0.05, 0.1) is 4.90 Å². The highest BCUT2D eigenvalue weighted by Crippen LogP contribution is 2.26. The fraction of sp³-hybridized carbons (Fsp3) is 0.0870. The van der Waals surface area contributed by atoms with Gasteiger partial charge in [-0.2, -0.15) is 0 Å². The van der Waals surface area contributed by atoms with Gasteiger partial charge < -0.3 is 10.6 Å². The molecular formula is C23H22N6O2S. The van der Waals surface area contributed by atoms with Gasteiger partial charge in [-0.15, -0.1) is 0 Å². The third kappa shape index (κ3) is 5.08. The van der Waals surface area contributed by atoms with Gasteiger partial charge in [-0.05, 0) is 61.5 Å². The van der Waals surface area contributed by atoms with E-state index in [0.717, 1.165) is 22.4 Å². The van der Waals surface area contributed by atoms with E-state index in [2.05, 4.69) is 36.4 Å². The second kappa shape index (κ2) is 9.13. The van der Waals surface area contributed by atoms with Crippen LogP contribution in [0.4, 0.5) is 23.0 Å². The first-order chi connectivity index (χ1) is 15.4. The lowest BCUT2D eigenvalue weighted by Gasteiger charge is -2.12. The van der Waals surface area contributed by atoms with Gasteiger partial charge in [-0.25, -0.2) is 23.1 Å². The molecule has 2 aromatic carbocycles. The zero-order valence-corrected chi connectivity index (χ0v) is 18.4. The molecule has 0 spiro atoms. The molecule has 0 unspecified atom stereocenters. The molecule has 0 fully saturated rings. The molecule has 0 amide bonds. The van der Waals surface area contributed by atoms with E-state index in [1.165, 1.54) is 19.4 Å². The zero-order chi connectivity index (χ0) is 22.6. The number of aromatic nitrogens is 3. The molecule has 0 aliphatic carbocycles. The second-order valence-corrected chi connectivity index (χ2v) is 8.99. The van der Waals surface area contributed by atoms with E-state index in [1.807, 2.05) is 37.4 Å². The Kier molecular flexibility index (Phi) is 6.11. The second-order valence-electron chi connectivity index (χ2n) is 7.10. The van der Waals surface area contributed by atoms with E-state index in [9.17, 15) is 8.42 Å². The summed E-state index contributed by atoms with van der Waals surface area (Å²) in [5.41, 5.74) is 4.66. The van der Waals surface area contributed by atoms with Crippen LogP contribution in [0.15, 0.2) is 84.3 Å². The molecule has 0 saturated carbocycles. The molecule has 32 heavy (non-hydrogen) atoms. The Labute approximate surface area is 186 Å². The van der Waals surface area contributed by atoms with Crippen LogP contribution in [0.25, 0.3) is 11.1 Å². The molecule has 0 radical (unpaired) electrons. The number of pyridine rings is 1. The maximum absolute atomic E-state index is 12.0. The molecule has 4 aromatic rings. The molecule has 162 valence electrons. The van der Waals surface area contributed by atoms with Crippen molar-refractivity contribution in [3.05, 3.63) is 84.9 Å². The number of aryl methyl sites for hydroxylation is 1. The van der Waals surface area contributed by atoms with Crippen molar-refractivity contribution < 1.29 is 8.42 Å².